The van der Waals surface area contributed by atoms with E-state index in [2.05, 4.69) is 51.8 Å². The number of aromatic amines is 1. The van der Waals surface area contributed by atoms with E-state index < -0.39 is 5.97 Å². The van der Waals surface area contributed by atoms with Gasteiger partial charge in [0.05, 0.1) is 17.0 Å². The Morgan fingerprint density at radius 2 is 2.15 bits per heavy atom. The van der Waals surface area contributed by atoms with Gasteiger partial charge in [-0.05, 0) is 54.0 Å². The van der Waals surface area contributed by atoms with Gasteiger partial charge in [0.15, 0.2) is 0 Å². The number of hydrogen-bond donors (Lipinski definition) is 2. The van der Waals surface area contributed by atoms with E-state index >= 15 is 0 Å². The summed E-state index contributed by atoms with van der Waals surface area (Å²) in [6.45, 7) is 5.79. The highest BCUT2D eigenvalue weighted by atomic mass is 32.2. The van der Waals surface area contributed by atoms with Crippen LogP contribution < -0.4 is 4.74 Å². The van der Waals surface area contributed by atoms with Crippen LogP contribution >= 0.6 is 11.9 Å². The number of carboxylic acid groups (broad SMARTS) is 1. The summed E-state index contributed by atoms with van der Waals surface area (Å²) in [5.74, 6) is 0.157. The van der Waals surface area contributed by atoms with Gasteiger partial charge in [-0.15, -0.1) is 5.10 Å². The molecule has 4 rings (SSSR count). The van der Waals surface area contributed by atoms with Crippen LogP contribution in [0, 0.1) is 0 Å². The number of hydrogen-bond acceptors (Lipinski definition) is 6. The first kappa shape index (κ1) is 23.3. The Morgan fingerprint density at radius 1 is 1.30 bits per heavy atom. The molecule has 174 valence electrons. The predicted molar refractivity (Wildman–Crippen MR) is 128 cm³/mol. The zero-order chi connectivity index (χ0) is 23.2. The molecular formula is C25H30N4O3S. The number of nitrogens with zero attached hydrogens (tertiary/aromatic N) is 3. The number of ether oxygens (including phenoxy) is 1. The number of benzene rings is 2. The summed E-state index contributed by atoms with van der Waals surface area (Å²) < 4.78 is 8.55. The highest BCUT2D eigenvalue weighted by molar-refractivity contribution is 7.97. The Balaban J connectivity index is 1.52. The fraction of sp³-hybridized carbons (Fsp3) is 0.400. The molecule has 0 saturated carbocycles. The van der Waals surface area contributed by atoms with Crippen LogP contribution in [0.4, 0.5) is 0 Å². The summed E-state index contributed by atoms with van der Waals surface area (Å²) in [5, 5.41) is 20.2. The van der Waals surface area contributed by atoms with Crippen molar-refractivity contribution in [2.45, 2.75) is 62.5 Å². The van der Waals surface area contributed by atoms with Gasteiger partial charge in [0, 0.05) is 25.2 Å². The number of aliphatic carboxylic acids is 1. The van der Waals surface area contributed by atoms with Crippen LogP contribution in [0.2, 0.25) is 0 Å². The van der Waals surface area contributed by atoms with E-state index in [0.29, 0.717) is 6.42 Å². The van der Waals surface area contributed by atoms with E-state index in [1.807, 2.05) is 30.3 Å². The highest BCUT2D eigenvalue weighted by Gasteiger charge is 2.24. The van der Waals surface area contributed by atoms with Crippen LogP contribution in [-0.2, 0) is 11.3 Å². The molecule has 7 nitrogen and oxygen atoms in total. The molecule has 1 aliphatic rings. The van der Waals surface area contributed by atoms with Crippen LogP contribution in [0.15, 0.2) is 59.6 Å². The fourth-order valence-electron chi connectivity index (χ4n) is 4.25. The average Bonchev–Trinajstić information content (AvgIpc) is 3.28. The molecule has 2 heterocycles. The standard InChI is InChI=1S/C25H30N4O3S/c1-3-21-16-29(33-24-10-5-4-9-23(24)32-21)15-18-7-6-8-19(12-18)20(13-25(30)31)11-17(2)22-14-26-28-27-22/h4-10,12,14,17,20-21H,3,11,13,15-16H2,1-2H3,(H,30,31)(H,26,27,28)/t17?,20?,21-/m1/s1. The maximum Gasteiger partial charge on any atom is 0.303 e. The lowest BCUT2D eigenvalue weighted by Gasteiger charge is -2.23. The second kappa shape index (κ2) is 10.9. The monoisotopic (exact) mass is 466 g/mol. The van der Waals surface area contributed by atoms with Gasteiger partial charge in [0.1, 0.15) is 11.9 Å². The van der Waals surface area contributed by atoms with Gasteiger partial charge in [-0.1, -0.05) is 55.5 Å². The van der Waals surface area contributed by atoms with Crippen molar-refractivity contribution in [1.82, 2.24) is 19.7 Å². The van der Waals surface area contributed by atoms with Crippen molar-refractivity contribution in [3.63, 3.8) is 0 Å². The molecule has 0 fully saturated rings. The van der Waals surface area contributed by atoms with E-state index in [4.69, 9.17) is 4.74 Å². The quantitative estimate of drug-likeness (QED) is 0.417. The molecular weight excluding hydrogens is 436 g/mol. The van der Waals surface area contributed by atoms with Gasteiger partial charge in [-0.25, -0.2) is 4.31 Å². The van der Waals surface area contributed by atoms with Crippen LogP contribution in [0.5, 0.6) is 5.75 Å². The Labute approximate surface area is 198 Å². The normalized spacial score (nSPS) is 18.1. The van der Waals surface area contributed by atoms with Gasteiger partial charge in [0.2, 0.25) is 0 Å². The molecule has 0 amide bonds. The molecule has 2 unspecified atom stereocenters. The van der Waals surface area contributed by atoms with Gasteiger partial charge >= 0.3 is 5.97 Å². The van der Waals surface area contributed by atoms with E-state index in [0.717, 1.165) is 41.4 Å². The number of H-pyrrole nitrogens is 1. The number of nitrogens with one attached hydrogen (secondary N) is 1. The number of aromatic nitrogens is 3. The number of fused-ring (bicyclic) bond motifs is 1. The minimum Gasteiger partial charge on any atom is -0.488 e. The Hall–Kier alpha value is -2.84. The second-order valence-electron chi connectivity index (χ2n) is 8.58. The second-order valence-corrected chi connectivity index (χ2v) is 9.72. The van der Waals surface area contributed by atoms with Crippen molar-refractivity contribution >= 4 is 17.9 Å². The van der Waals surface area contributed by atoms with Crippen molar-refractivity contribution in [3.05, 3.63) is 71.5 Å². The summed E-state index contributed by atoms with van der Waals surface area (Å²) in [6.07, 6.45) is 3.63. The number of carboxylic acids is 1. The van der Waals surface area contributed by atoms with Gasteiger partial charge in [0.25, 0.3) is 0 Å². The molecule has 2 aromatic carbocycles. The third kappa shape index (κ3) is 6.15. The van der Waals surface area contributed by atoms with Gasteiger partial charge in [-0.2, -0.15) is 0 Å². The van der Waals surface area contributed by atoms with Crippen molar-refractivity contribution in [3.8, 4) is 5.75 Å². The first-order chi connectivity index (χ1) is 16.0. The Kier molecular flexibility index (Phi) is 7.67. The molecule has 2 N–H and O–H groups in total. The number of para-hydroxylation sites is 1. The molecule has 33 heavy (non-hydrogen) atoms. The lowest BCUT2D eigenvalue weighted by Crippen LogP contribution is -2.29. The van der Waals surface area contributed by atoms with Crippen molar-refractivity contribution in [2.75, 3.05) is 6.54 Å². The zero-order valence-corrected chi connectivity index (χ0v) is 19.8. The molecule has 1 aliphatic heterocycles. The summed E-state index contributed by atoms with van der Waals surface area (Å²) in [4.78, 5) is 12.7. The van der Waals surface area contributed by atoms with E-state index in [1.165, 1.54) is 5.56 Å². The predicted octanol–water partition coefficient (Wildman–Crippen LogP) is 5.24. The van der Waals surface area contributed by atoms with Crippen LogP contribution in [0.3, 0.4) is 0 Å². The lowest BCUT2D eigenvalue weighted by molar-refractivity contribution is -0.137. The largest absolute Gasteiger partial charge is 0.488 e. The summed E-state index contributed by atoms with van der Waals surface area (Å²) in [6, 6.07) is 16.5. The average molecular weight is 467 g/mol. The number of rotatable bonds is 9. The summed E-state index contributed by atoms with van der Waals surface area (Å²) >= 11 is 1.72. The molecule has 3 atom stereocenters. The summed E-state index contributed by atoms with van der Waals surface area (Å²) in [7, 11) is 0. The lowest BCUT2D eigenvalue weighted by atomic mass is 9.85. The molecule has 0 radical (unpaired) electrons. The third-order valence-corrected chi connectivity index (χ3v) is 7.08. The van der Waals surface area contributed by atoms with Gasteiger partial charge in [-0.3, -0.25) is 9.89 Å². The highest BCUT2D eigenvalue weighted by Crippen LogP contribution is 2.37. The maximum absolute atomic E-state index is 11.6. The van der Waals surface area contributed by atoms with Crippen molar-refractivity contribution in [1.29, 1.82) is 0 Å². The first-order valence-corrected chi connectivity index (χ1v) is 12.1. The zero-order valence-electron chi connectivity index (χ0n) is 19.0. The molecule has 1 aromatic heterocycles. The number of carbonyl (C=O) groups is 1. The van der Waals surface area contributed by atoms with E-state index in [9.17, 15) is 9.90 Å². The van der Waals surface area contributed by atoms with Crippen LogP contribution in [0.25, 0.3) is 0 Å². The van der Waals surface area contributed by atoms with Crippen LogP contribution in [-0.4, -0.2) is 43.4 Å². The smallest absolute Gasteiger partial charge is 0.303 e. The third-order valence-electron chi connectivity index (χ3n) is 6.01. The van der Waals surface area contributed by atoms with E-state index in [-0.39, 0.29) is 24.4 Å². The van der Waals surface area contributed by atoms with Crippen molar-refractivity contribution < 1.29 is 14.6 Å². The molecule has 0 bridgehead atoms. The fourth-order valence-corrected chi connectivity index (χ4v) is 5.33. The Bertz CT molecular complexity index is 1060. The maximum atomic E-state index is 11.6. The van der Waals surface area contributed by atoms with Gasteiger partial charge < -0.3 is 9.84 Å². The van der Waals surface area contributed by atoms with Crippen LogP contribution in [0.1, 0.15) is 61.8 Å². The first-order valence-electron chi connectivity index (χ1n) is 11.4. The molecule has 3 aromatic rings. The molecule has 0 aliphatic carbocycles. The molecule has 0 saturated heterocycles. The molecule has 0 spiro atoms. The Morgan fingerprint density at radius 3 is 2.91 bits per heavy atom. The minimum atomic E-state index is -0.791. The summed E-state index contributed by atoms with van der Waals surface area (Å²) in [5.41, 5.74) is 3.07. The minimum absolute atomic E-state index is 0.0865. The SMILES string of the molecule is CC[C@@H]1CN(Cc2cccc(C(CC(=O)O)CC(C)c3c[nH]nn3)c2)Sc2ccccc2O1. The molecule has 8 heteroatoms. The topological polar surface area (TPSA) is 91.3 Å². The van der Waals surface area contributed by atoms with E-state index in [1.54, 1.807) is 18.1 Å². The van der Waals surface area contributed by atoms with Crippen molar-refractivity contribution in [2.24, 2.45) is 0 Å².